The van der Waals surface area contributed by atoms with Gasteiger partial charge in [-0.1, -0.05) is 32.9 Å². The maximum absolute atomic E-state index is 11.7. The van der Waals surface area contributed by atoms with Crippen molar-refractivity contribution < 1.29 is 23.4 Å². The summed E-state index contributed by atoms with van der Waals surface area (Å²) in [6, 6.07) is 4.93. The summed E-state index contributed by atoms with van der Waals surface area (Å²) in [6.45, 7) is 5.83. The molecule has 0 saturated heterocycles. The Labute approximate surface area is 183 Å². The molecule has 31 heavy (non-hydrogen) atoms. The first-order valence-corrected chi connectivity index (χ1v) is 11.9. The molecule has 0 aliphatic rings. The van der Waals surface area contributed by atoms with E-state index in [4.69, 9.17) is 4.74 Å². The van der Waals surface area contributed by atoms with Crippen LogP contribution in [0.4, 0.5) is 11.9 Å². The molecule has 1 heterocycles. The lowest BCUT2D eigenvalue weighted by molar-refractivity contribution is 0.259. The highest BCUT2D eigenvalue weighted by Crippen LogP contribution is 2.35. The van der Waals surface area contributed by atoms with Crippen LogP contribution in [0.15, 0.2) is 18.2 Å². The van der Waals surface area contributed by atoms with Gasteiger partial charge in [0.25, 0.3) is 0 Å². The predicted molar refractivity (Wildman–Crippen MR) is 119 cm³/mol. The van der Waals surface area contributed by atoms with Crippen LogP contribution < -0.4 is 14.8 Å². The van der Waals surface area contributed by atoms with Crippen molar-refractivity contribution in [3.63, 3.8) is 0 Å². The van der Waals surface area contributed by atoms with Crippen LogP contribution >= 0.6 is 0 Å². The second kappa shape index (κ2) is 10.6. The van der Waals surface area contributed by atoms with Crippen molar-refractivity contribution in [2.24, 2.45) is 5.92 Å². The first-order chi connectivity index (χ1) is 14.5. The smallest absolute Gasteiger partial charge is 0.241 e. The molecule has 0 aliphatic heterocycles. The summed E-state index contributed by atoms with van der Waals surface area (Å²) in [5.74, 6) is 0.921. The summed E-state index contributed by atoms with van der Waals surface area (Å²) in [5, 5.41) is 23.1. The first kappa shape index (κ1) is 24.6. The van der Waals surface area contributed by atoms with E-state index in [1.165, 1.54) is 7.11 Å². The first-order valence-electron chi connectivity index (χ1n) is 9.98. The van der Waals surface area contributed by atoms with Crippen LogP contribution in [0.2, 0.25) is 0 Å². The van der Waals surface area contributed by atoms with E-state index in [9.17, 15) is 18.6 Å². The summed E-state index contributed by atoms with van der Waals surface area (Å²) in [5.41, 5.74) is 0.653. The molecule has 172 valence electrons. The van der Waals surface area contributed by atoms with Gasteiger partial charge in [0.2, 0.25) is 21.9 Å². The fourth-order valence-corrected chi connectivity index (χ4v) is 3.63. The standard InChI is InChI=1S/C20H31N5O5S/c1-12(2)9-14(11-26)21-19-22-17(23-20(24-19)25-31(5,28)29)10-13(3)15-7-6-8-16(30-4)18(15)27/h6-8,12-14,26-27H,9-11H2,1-5H3,(H2,21,22,23,24,25). The van der Waals surface area contributed by atoms with Crippen LogP contribution in [0.25, 0.3) is 0 Å². The topological polar surface area (TPSA) is 147 Å². The molecule has 0 aliphatic carbocycles. The van der Waals surface area contributed by atoms with Gasteiger partial charge < -0.3 is 20.3 Å². The van der Waals surface area contributed by atoms with E-state index in [0.29, 0.717) is 35.9 Å². The van der Waals surface area contributed by atoms with Crippen molar-refractivity contribution in [1.29, 1.82) is 0 Å². The average molecular weight is 454 g/mol. The number of aliphatic hydroxyl groups excluding tert-OH is 1. The van der Waals surface area contributed by atoms with Crippen LogP contribution in [0.1, 0.15) is 44.5 Å². The van der Waals surface area contributed by atoms with E-state index in [1.807, 2.05) is 20.8 Å². The van der Waals surface area contributed by atoms with Gasteiger partial charge in [0.1, 0.15) is 5.82 Å². The zero-order valence-electron chi connectivity index (χ0n) is 18.5. The molecular formula is C20H31N5O5S. The Hall–Kier alpha value is -2.66. The van der Waals surface area contributed by atoms with Crippen LogP contribution in [0, 0.1) is 5.92 Å². The van der Waals surface area contributed by atoms with Gasteiger partial charge in [-0.05, 0) is 24.3 Å². The van der Waals surface area contributed by atoms with Crippen LogP contribution in [-0.4, -0.2) is 59.6 Å². The largest absolute Gasteiger partial charge is 0.504 e. The molecule has 10 nitrogen and oxygen atoms in total. The molecule has 2 aromatic rings. The number of hydrogen-bond donors (Lipinski definition) is 4. The number of sulfonamides is 1. The van der Waals surface area contributed by atoms with Gasteiger partial charge in [-0.2, -0.15) is 15.0 Å². The highest BCUT2D eigenvalue weighted by molar-refractivity contribution is 7.91. The highest BCUT2D eigenvalue weighted by atomic mass is 32.2. The molecule has 1 aromatic heterocycles. The summed E-state index contributed by atoms with van der Waals surface area (Å²) in [4.78, 5) is 12.8. The van der Waals surface area contributed by atoms with Crippen molar-refractivity contribution in [3.05, 3.63) is 29.6 Å². The Kier molecular flexibility index (Phi) is 8.40. The molecule has 11 heteroatoms. The number of anilines is 2. The quantitative estimate of drug-likeness (QED) is 0.402. The van der Waals surface area contributed by atoms with Crippen molar-refractivity contribution in [3.8, 4) is 11.5 Å². The number of nitrogens with one attached hydrogen (secondary N) is 2. The number of benzene rings is 1. The third-order valence-corrected chi connectivity index (χ3v) is 5.09. The minimum absolute atomic E-state index is 0.0386. The molecular weight excluding hydrogens is 422 g/mol. The number of ether oxygens (including phenoxy) is 1. The molecule has 0 amide bonds. The lowest BCUT2D eigenvalue weighted by Gasteiger charge is -2.19. The van der Waals surface area contributed by atoms with Crippen molar-refractivity contribution in [2.75, 3.05) is 30.0 Å². The molecule has 1 aromatic carbocycles. The molecule has 2 rings (SSSR count). The van der Waals surface area contributed by atoms with Crippen LogP contribution in [0.5, 0.6) is 11.5 Å². The summed E-state index contributed by atoms with van der Waals surface area (Å²) in [6.07, 6.45) is 2.00. The van der Waals surface area contributed by atoms with E-state index in [-0.39, 0.29) is 36.2 Å². The number of aliphatic hydroxyl groups is 1. The van der Waals surface area contributed by atoms with Crippen LogP contribution in [-0.2, 0) is 16.4 Å². The number of rotatable bonds is 11. The minimum atomic E-state index is -3.60. The molecule has 0 fully saturated rings. The number of hydrogen-bond acceptors (Lipinski definition) is 9. The van der Waals surface area contributed by atoms with Crippen molar-refractivity contribution >= 4 is 21.9 Å². The predicted octanol–water partition coefficient (Wildman–Crippen LogP) is 2.12. The lowest BCUT2D eigenvalue weighted by Crippen LogP contribution is -2.27. The lowest BCUT2D eigenvalue weighted by atomic mass is 9.96. The van der Waals surface area contributed by atoms with Gasteiger partial charge in [-0.15, -0.1) is 0 Å². The van der Waals surface area contributed by atoms with E-state index >= 15 is 0 Å². The molecule has 0 saturated carbocycles. The third kappa shape index (κ3) is 7.51. The highest BCUT2D eigenvalue weighted by Gasteiger charge is 2.19. The van der Waals surface area contributed by atoms with Crippen LogP contribution in [0.3, 0.4) is 0 Å². The molecule has 4 N–H and O–H groups in total. The van der Waals surface area contributed by atoms with E-state index in [0.717, 1.165) is 6.26 Å². The number of phenols is 1. The van der Waals surface area contributed by atoms with Gasteiger partial charge in [-0.25, -0.2) is 8.42 Å². The number of aromatic hydroxyl groups is 1. The Balaban J connectivity index is 2.35. The molecule has 2 unspecified atom stereocenters. The molecule has 0 bridgehead atoms. The molecule has 0 radical (unpaired) electrons. The number of aromatic nitrogens is 3. The van der Waals surface area contributed by atoms with Gasteiger partial charge in [0.05, 0.1) is 26.0 Å². The number of nitrogens with zero attached hydrogens (tertiary/aromatic N) is 3. The van der Waals surface area contributed by atoms with E-state index in [2.05, 4.69) is 25.0 Å². The monoisotopic (exact) mass is 453 g/mol. The minimum Gasteiger partial charge on any atom is -0.504 e. The zero-order chi connectivity index (χ0) is 23.2. The maximum atomic E-state index is 11.7. The summed E-state index contributed by atoms with van der Waals surface area (Å²) in [7, 11) is -2.12. The summed E-state index contributed by atoms with van der Waals surface area (Å²) >= 11 is 0. The molecule has 2 atom stereocenters. The fraction of sp³-hybridized carbons (Fsp3) is 0.550. The second-order valence-electron chi connectivity index (χ2n) is 7.93. The zero-order valence-corrected chi connectivity index (χ0v) is 19.3. The fourth-order valence-electron chi connectivity index (χ4n) is 3.20. The van der Waals surface area contributed by atoms with Crippen molar-refractivity contribution in [2.45, 2.75) is 45.6 Å². The number of methoxy groups -OCH3 is 1. The van der Waals surface area contributed by atoms with E-state index in [1.54, 1.807) is 18.2 Å². The SMILES string of the molecule is COc1cccc(C(C)Cc2nc(NC(CO)CC(C)C)nc(NS(C)(=O)=O)n2)c1O. The second-order valence-corrected chi connectivity index (χ2v) is 9.68. The summed E-state index contributed by atoms with van der Waals surface area (Å²) < 4.78 is 30.8. The Morgan fingerprint density at radius 3 is 2.39 bits per heavy atom. The van der Waals surface area contributed by atoms with Gasteiger partial charge >= 0.3 is 0 Å². The van der Waals surface area contributed by atoms with Gasteiger partial charge in [0, 0.05) is 12.0 Å². The third-order valence-electron chi connectivity index (χ3n) is 4.54. The number of para-hydroxylation sites is 1. The Bertz CT molecular complexity index is 984. The van der Waals surface area contributed by atoms with E-state index < -0.39 is 10.0 Å². The van der Waals surface area contributed by atoms with Gasteiger partial charge in [-0.3, -0.25) is 4.72 Å². The van der Waals surface area contributed by atoms with Crippen molar-refractivity contribution in [1.82, 2.24) is 15.0 Å². The average Bonchev–Trinajstić information content (AvgIpc) is 2.65. The normalized spacial score (nSPS) is 13.6. The maximum Gasteiger partial charge on any atom is 0.241 e. The van der Waals surface area contributed by atoms with Gasteiger partial charge in [0.15, 0.2) is 11.5 Å². The Morgan fingerprint density at radius 1 is 1.13 bits per heavy atom. The number of phenolic OH excluding ortho intramolecular Hbond substituents is 1. The molecule has 0 spiro atoms. The Morgan fingerprint density at radius 2 is 1.81 bits per heavy atom.